The fraction of sp³-hybridized carbons (Fsp3) is 0.250. The van der Waals surface area contributed by atoms with Gasteiger partial charge in [0.1, 0.15) is 17.5 Å². The molecule has 0 radical (unpaired) electrons. The van der Waals surface area contributed by atoms with Crippen molar-refractivity contribution in [3.63, 3.8) is 0 Å². The minimum atomic E-state index is -0.826. The molecule has 0 saturated heterocycles. The zero-order chi connectivity index (χ0) is 23.3. The van der Waals surface area contributed by atoms with Crippen LogP contribution in [0.4, 0.5) is 9.52 Å². The Morgan fingerprint density at radius 1 is 1.44 bits per heavy atom. The summed E-state index contributed by atoms with van der Waals surface area (Å²) in [5, 5.41) is 24.5. The van der Waals surface area contributed by atoms with Crippen LogP contribution in [0.3, 0.4) is 0 Å². The van der Waals surface area contributed by atoms with E-state index in [1.807, 2.05) is 6.07 Å². The van der Waals surface area contributed by atoms with Crippen molar-refractivity contribution < 1.29 is 19.0 Å². The average Bonchev–Trinajstić information content (AvgIpc) is 3.13. The summed E-state index contributed by atoms with van der Waals surface area (Å²) < 4.78 is 21.3. The maximum Gasteiger partial charge on any atom is 0.326 e. The third-order valence-corrected chi connectivity index (χ3v) is 5.47. The highest BCUT2D eigenvalue weighted by Crippen LogP contribution is 2.38. The molecule has 0 unspecified atom stereocenters. The molecular weight excluding hydrogens is 461 g/mol. The molecular formula is C20H17ClFN5O4S. The van der Waals surface area contributed by atoms with Crippen molar-refractivity contribution in [3.8, 4) is 22.9 Å². The Balaban J connectivity index is 2.01. The largest absolute Gasteiger partial charge is 0.496 e. The molecule has 0 fully saturated rings. The molecule has 0 aliphatic carbocycles. The van der Waals surface area contributed by atoms with Gasteiger partial charge in [0.05, 0.1) is 23.3 Å². The SMILES string of the molecule is COc1ccc(Cl)c(F)c1-c1cc(C#N)ncc1C(=O)Nc1nn(CCCCO)c(=O)s1. The van der Waals surface area contributed by atoms with E-state index in [0.717, 1.165) is 17.5 Å². The van der Waals surface area contributed by atoms with E-state index in [2.05, 4.69) is 15.4 Å². The lowest BCUT2D eigenvalue weighted by Gasteiger charge is -2.14. The van der Waals surface area contributed by atoms with E-state index < -0.39 is 11.7 Å². The van der Waals surface area contributed by atoms with Crippen LogP contribution in [-0.2, 0) is 6.54 Å². The Bertz CT molecular complexity index is 1250. The van der Waals surface area contributed by atoms with Gasteiger partial charge in [-0.1, -0.05) is 11.6 Å². The Morgan fingerprint density at radius 2 is 2.22 bits per heavy atom. The number of aryl methyl sites for hydroxylation is 1. The van der Waals surface area contributed by atoms with E-state index in [-0.39, 0.29) is 49.8 Å². The zero-order valence-electron chi connectivity index (χ0n) is 16.8. The molecule has 1 aromatic carbocycles. The van der Waals surface area contributed by atoms with Gasteiger partial charge in [-0.05, 0) is 42.4 Å². The standard InChI is InChI=1S/C20H17ClFN5O4S/c1-31-15-5-4-14(21)17(22)16(15)12-8-11(9-23)24-10-13(12)18(29)25-19-26-27(20(30)32-19)6-2-3-7-28/h4-5,8,10,28H,2-3,6-7H2,1H3,(H,25,26,29). The number of unbranched alkanes of at least 4 members (excludes halogenated alkanes) is 1. The van der Waals surface area contributed by atoms with Crippen LogP contribution in [-0.4, -0.2) is 39.5 Å². The number of carbonyl (C=O) groups is 1. The molecule has 166 valence electrons. The van der Waals surface area contributed by atoms with Crippen molar-refractivity contribution in [1.29, 1.82) is 5.26 Å². The fourth-order valence-electron chi connectivity index (χ4n) is 2.89. The smallest absolute Gasteiger partial charge is 0.326 e. The quantitative estimate of drug-likeness (QED) is 0.477. The number of hydrogen-bond acceptors (Lipinski definition) is 8. The minimum absolute atomic E-state index is 0.000471. The number of pyridine rings is 1. The van der Waals surface area contributed by atoms with E-state index in [0.29, 0.717) is 19.4 Å². The van der Waals surface area contributed by atoms with Gasteiger partial charge in [0.15, 0.2) is 5.82 Å². The molecule has 12 heteroatoms. The number of anilines is 1. The number of benzene rings is 1. The third kappa shape index (κ3) is 4.94. The fourth-order valence-corrected chi connectivity index (χ4v) is 3.74. The maximum atomic E-state index is 14.9. The number of nitriles is 1. The van der Waals surface area contributed by atoms with Gasteiger partial charge >= 0.3 is 4.87 Å². The molecule has 9 nitrogen and oxygen atoms in total. The highest BCUT2D eigenvalue weighted by atomic mass is 35.5. The van der Waals surface area contributed by atoms with Crippen LogP contribution in [0.2, 0.25) is 5.02 Å². The molecule has 0 bridgehead atoms. The van der Waals surface area contributed by atoms with E-state index in [1.165, 1.54) is 30.0 Å². The van der Waals surface area contributed by atoms with Crippen LogP contribution in [0.15, 0.2) is 29.2 Å². The van der Waals surface area contributed by atoms with Gasteiger partial charge in [0.2, 0.25) is 5.13 Å². The van der Waals surface area contributed by atoms with Crippen molar-refractivity contribution in [2.45, 2.75) is 19.4 Å². The summed E-state index contributed by atoms with van der Waals surface area (Å²) in [6, 6.07) is 5.85. The number of rotatable bonds is 8. The molecule has 3 aromatic rings. The third-order valence-electron chi connectivity index (χ3n) is 4.41. The first kappa shape index (κ1) is 23.3. The van der Waals surface area contributed by atoms with Gasteiger partial charge in [-0.25, -0.2) is 14.1 Å². The van der Waals surface area contributed by atoms with Crippen molar-refractivity contribution in [1.82, 2.24) is 14.8 Å². The number of methoxy groups -OCH3 is 1. The van der Waals surface area contributed by atoms with Gasteiger partial charge in [-0.3, -0.25) is 14.9 Å². The van der Waals surface area contributed by atoms with Crippen molar-refractivity contribution >= 4 is 34.0 Å². The van der Waals surface area contributed by atoms with Crippen LogP contribution in [0.25, 0.3) is 11.1 Å². The number of aromatic nitrogens is 3. The number of nitrogens with zero attached hydrogens (tertiary/aromatic N) is 4. The monoisotopic (exact) mass is 477 g/mol. The molecule has 3 rings (SSSR count). The van der Waals surface area contributed by atoms with Crippen LogP contribution >= 0.6 is 22.9 Å². The minimum Gasteiger partial charge on any atom is -0.496 e. The number of nitrogens with one attached hydrogen (secondary N) is 1. The molecule has 0 atom stereocenters. The second kappa shape index (κ2) is 10.3. The summed E-state index contributed by atoms with van der Waals surface area (Å²) in [4.78, 5) is 28.6. The first-order chi connectivity index (χ1) is 15.4. The molecule has 0 aliphatic rings. The van der Waals surface area contributed by atoms with Gasteiger partial charge < -0.3 is 9.84 Å². The summed E-state index contributed by atoms with van der Waals surface area (Å²) >= 11 is 6.65. The van der Waals surface area contributed by atoms with E-state index in [9.17, 15) is 19.2 Å². The van der Waals surface area contributed by atoms with Crippen molar-refractivity contribution in [2.75, 3.05) is 19.0 Å². The molecule has 2 aromatic heterocycles. The predicted molar refractivity (Wildman–Crippen MR) is 117 cm³/mol. The summed E-state index contributed by atoms with van der Waals surface area (Å²) in [5.41, 5.74) is -0.180. The molecule has 0 spiro atoms. The first-order valence-electron chi connectivity index (χ1n) is 9.32. The number of halogens is 2. The van der Waals surface area contributed by atoms with Gasteiger partial charge in [-0.2, -0.15) is 5.26 Å². The Labute approximate surface area is 190 Å². The summed E-state index contributed by atoms with van der Waals surface area (Å²) in [5.74, 6) is -1.43. The number of ether oxygens (including phenoxy) is 1. The first-order valence-corrected chi connectivity index (χ1v) is 10.5. The van der Waals surface area contributed by atoms with E-state index in [1.54, 1.807) is 0 Å². The highest BCUT2D eigenvalue weighted by Gasteiger charge is 2.23. The van der Waals surface area contributed by atoms with Crippen LogP contribution in [0.5, 0.6) is 5.75 Å². The number of aliphatic hydroxyl groups is 1. The van der Waals surface area contributed by atoms with Gasteiger partial charge in [-0.15, -0.1) is 5.10 Å². The number of carbonyl (C=O) groups excluding carboxylic acids is 1. The Kier molecular flexibility index (Phi) is 7.53. The van der Waals surface area contributed by atoms with Crippen LogP contribution in [0.1, 0.15) is 28.9 Å². The molecule has 2 N–H and O–H groups in total. The molecule has 0 saturated carbocycles. The van der Waals surface area contributed by atoms with E-state index in [4.69, 9.17) is 21.4 Å². The maximum absolute atomic E-state index is 14.9. The van der Waals surface area contributed by atoms with Crippen LogP contribution < -0.4 is 14.9 Å². The lowest BCUT2D eigenvalue weighted by atomic mass is 9.98. The summed E-state index contributed by atoms with van der Waals surface area (Å²) in [6.45, 7) is 0.292. The molecule has 32 heavy (non-hydrogen) atoms. The van der Waals surface area contributed by atoms with E-state index >= 15 is 0 Å². The second-order valence-corrected chi connectivity index (χ2v) is 7.79. The summed E-state index contributed by atoms with van der Waals surface area (Å²) in [7, 11) is 1.33. The molecule has 2 heterocycles. The van der Waals surface area contributed by atoms with Gasteiger partial charge in [0, 0.05) is 24.9 Å². The number of aliphatic hydroxyl groups excluding tert-OH is 1. The topological polar surface area (TPSA) is 130 Å². The lowest BCUT2D eigenvalue weighted by Crippen LogP contribution is -2.16. The van der Waals surface area contributed by atoms with Crippen molar-refractivity contribution in [3.05, 3.63) is 56.2 Å². The van der Waals surface area contributed by atoms with Crippen molar-refractivity contribution in [2.24, 2.45) is 0 Å². The second-order valence-electron chi connectivity index (χ2n) is 6.45. The zero-order valence-corrected chi connectivity index (χ0v) is 18.3. The average molecular weight is 478 g/mol. The molecule has 0 aliphatic heterocycles. The Morgan fingerprint density at radius 3 is 2.91 bits per heavy atom. The normalized spacial score (nSPS) is 10.6. The lowest BCUT2D eigenvalue weighted by molar-refractivity contribution is 0.102. The highest BCUT2D eigenvalue weighted by molar-refractivity contribution is 7.13. The predicted octanol–water partition coefficient (Wildman–Crippen LogP) is 3.06. The number of amides is 1. The van der Waals surface area contributed by atoms with Crippen LogP contribution in [0, 0.1) is 17.1 Å². The Hall–Kier alpha value is -3.33. The number of hydrogen-bond donors (Lipinski definition) is 2. The molecule has 1 amide bonds. The summed E-state index contributed by atoms with van der Waals surface area (Å²) in [6.07, 6.45) is 2.19. The van der Waals surface area contributed by atoms with Gasteiger partial charge in [0.25, 0.3) is 5.91 Å².